The van der Waals surface area contributed by atoms with Gasteiger partial charge >= 0.3 is 0 Å². The second-order valence-corrected chi connectivity index (χ2v) is 8.13. The third-order valence-electron chi connectivity index (χ3n) is 5.42. The summed E-state index contributed by atoms with van der Waals surface area (Å²) in [7, 11) is 0. The van der Waals surface area contributed by atoms with Crippen LogP contribution in [0.5, 0.6) is 0 Å². The van der Waals surface area contributed by atoms with Gasteiger partial charge in [-0.15, -0.1) is 0 Å². The number of pyridine rings is 1. The minimum atomic E-state index is -0.485. The van der Waals surface area contributed by atoms with Crippen molar-refractivity contribution in [3.8, 4) is 0 Å². The van der Waals surface area contributed by atoms with Gasteiger partial charge in [0.2, 0.25) is 5.78 Å². The molecule has 1 amide bonds. The molecule has 164 valence electrons. The molecule has 0 fully saturated rings. The molecule has 0 aliphatic rings. The molecule has 0 radical (unpaired) electrons. The largest absolute Gasteiger partial charge is 0.344 e. The average molecular weight is 403 g/mol. The summed E-state index contributed by atoms with van der Waals surface area (Å²) in [5.41, 5.74) is 0.764. The van der Waals surface area contributed by atoms with Gasteiger partial charge in [-0.05, 0) is 18.6 Å². The standard InChI is InChI=1S/C25H42N2O2/c1-2-3-4-5-6-7-8-9-10-11-12-13-14-15-16-20-24(28)25(29)27-22-23-19-17-18-21-26-23/h17-19,21H,2-16,20,22H2,1H3,(H,27,29). The van der Waals surface area contributed by atoms with Crippen LogP contribution in [0.1, 0.15) is 115 Å². The van der Waals surface area contributed by atoms with Gasteiger partial charge in [0.1, 0.15) is 0 Å². The Morgan fingerprint density at radius 1 is 0.759 bits per heavy atom. The zero-order chi connectivity index (χ0) is 21.0. The van der Waals surface area contributed by atoms with Crippen LogP contribution < -0.4 is 5.32 Å². The number of rotatable bonds is 19. The molecule has 0 bridgehead atoms. The van der Waals surface area contributed by atoms with Crippen LogP contribution in [0.4, 0.5) is 0 Å². The number of carbonyl (C=O) groups excluding carboxylic acids is 2. The number of carbonyl (C=O) groups is 2. The number of hydrogen-bond donors (Lipinski definition) is 1. The van der Waals surface area contributed by atoms with Crippen molar-refractivity contribution >= 4 is 11.7 Å². The van der Waals surface area contributed by atoms with E-state index in [4.69, 9.17) is 0 Å². The van der Waals surface area contributed by atoms with E-state index in [1.54, 1.807) is 6.20 Å². The smallest absolute Gasteiger partial charge is 0.287 e. The number of nitrogens with zero attached hydrogens (tertiary/aromatic N) is 1. The van der Waals surface area contributed by atoms with Gasteiger partial charge in [-0.25, -0.2) is 0 Å². The summed E-state index contributed by atoms with van der Waals surface area (Å²) in [6.45, 7) is 2.58. The van der Waals surface area contributed by atoms with Gasteiger partial charge in [0.15, 0.2) is 0 Å². The zero-order valence-corrected chi connectivity index (χ0v) is 18.6. The SMILES string of the molecule is CCCCCCCCCCCCCCCCCC(=O)C(=O)NCc1ccccn1. The van der Waals surface area contributed by atoms with Crippen molar-refractivity contribution in [3.63, 3.8) is 0 Å². The van der Waals surface area contributed by atoms with Crippen LogP contribution in [0.15, 0.2) is 24.4 Å². The van der Waals surface area contributed by atoms with E-state index < -0.39 is 5.91 Å². The Morgan fingerprint density at radius 3 is 1.76 bits per heavy atom. The van der Waals surface area contributed by atoms with Gasteiger partial charge in [-0.2, -0.15) is 0 Å². The molecule has 1 aromatic rings. The first-order valence-electron chi connectivity index (χ1n) is 11.9. The Morgan fingerprint density at radius 2 is 1.28 bits per heavy atom. The lowest BCUT2D eigenvalue weighted by atomic mass is 10.0. The number of unbranched alkanes of at least 4 members (excludes halogenated alkanes) is 14. The summed E-state index contributed by atoms with van der Waals surface area (Å²) < 4.78 is 0. The highest BCUT2D eigenvalue weighted by atomic mass is 16.2. The molecule has 1 heterocycles. The van der Waals surface area contributed by atoms with Gasteiger partial charge in [0, 0.05) is 12.6 Å². The molecule has 0 unspecified atom stereocenters. The number of Topliss-reactive ketones (excluding diaryl/α,β-unsaturated/α-hetero) is 1. The highest BCUT2D eigenvalue weighted by molar-refractivity contribution is 6.36. The maximum atomic E-state index is 11.9. The quantitative estimate of drug-likeness (QED) is 0.211. The van der Waals surface area contributed by atoms with Crippen LogP contribution in [0.2, 0.25) is 0 Å². The minimum Gasteiger partial charge on any atom is -0.344 e. The molecule has 1 aromatic heterocycles. The van der Waals surface area contributed by atoms with Crippen LogP contribution in [0.3, 0.4) is 0 Å². The van der Waals surface area contributed by atoms with Gasteiger partial charge in [0.05, 0.1) is 12.2 Å². The van der Waals surface area contributed by atoms with E-state index in [-0.39, 0.29) is 5.78 Å². The van der Waals surface area contributed by atoms with Crippen LogP contribution >= 0.6 is 0 Å². The summed E-state index contributed by atoms with van der Waals surface area (Å²) in [6.07, 6.45) is 21.5. The maximum absolute atomic E-state index is 11.9. The molecule has 0 atom stereocenters. The van der Waals surface area contributed by atoms with Crippen LogP contribution in [0, 0.1) is 0 Å². The molecule has 0 saturated carbocycles. The normalized spacial score (nSPS) is 10.8. The van der Waals surface area contributed by atoms with Gasteiger partial charge in [-0.1, -0.05) is 103 Å². The molecule has 1 rings (SSSR count). The molecular weight excluding hydrogens is 360 g/mol. The first-order valence-corrected chi connectivity index (χ1v) is 11.9. The molecule has 0 saturated heterocycles. The number of ketones is 1. The topological polar surface area (TPSA) is 59.1 Å². The van der Waals surface area contributed by atoms with Crippen LogP contribution in [0.25, 0.3) is 0 Å². The Kier molecular flexibility index (Phi) is 16.0. The van der Waals surface area contributed by atoms with Crippen LogP contribution in [-0.4, -0.2) is 16.7 Å². The monoisotopic (exact) mass is 402 g/mol. The van der Waals surface area contributed by atoms with Gasteiger partial charge in [0.25, 0.3) is 5.91 Å². The van der Waals surface area contributed by atoms with Crippen molar-refractivity contribution in [2.75, 3.05) is 0 Å². The molecule has 0 spiro atoms. The van der Waals surface area contributed by atoms with E-state index in [2.05, 4.69) is 17.2 Å². The number of aromatic nitrogens is 1. The summed E-state index contributed by atoms with van der Waals surface area (Å²) in [6, 6.07) is 5.53. The van der Waals surface area contributed by atoms with Crippen molar-refractivity contribution in [2.45, 2.75) is 116 Å². The van der Waals surface area contributed by atoms with E-state index in [9.17, 15) is 9.59 Å². The fraction of sp³-hybridized carbons (Fsp3) is 0.720. The minimum absolute atomic E-state index is 0.310. The predicted octanol–water partition coefficient (Wildman–Crippen LogP) is 6.53. The van der Waals surface area contributed by atoms with E-state index in [0.29, 0.717) is 13.0 Å². The van der Waals surface area contributed by atoms with Crippen molar-refractivity contribution < 1.29 is 9.59 Å². The fourth-order valence-electron chi connectivity index (χ4n) is 3.54. The summed E-state index contributed by atoms with van der Waals surface area (Å²) >= 11 is 0. The Bertz CT molecular complexity index is 531. The van der Waals surface area contributed by atoms with Crippen molar-refractivity contribution in [3.05, 3.63) is 30.1 Å². The summed E-state index contributed by atoms with van der Waals surface area (Å²) in [5.74, 6) is -0.795. The molecule has 4 heteroatoms. The average Bonchev–Trinajstić information content (AvgIpc) is 2.75. The van der Waals surface area contributed by atoms with E-state index in [1.807, 2.05) is 18.2 Å². The number of amides is 1. The third kappa shape index (κ3) is 14.9. The second kappa shape index (κ2) is 18.3. The third-order valence-corrected chi connectivity index (χ3v) is 5.42. The van der Waals surface area contributed by atoms with Crippen molar-refractivity contribution in [1.82, 2.24) is 10.3 Å². The van der Waals surface area contributed by atoms with E-state index in [1.165, 1.54) is 83.5 Å². The molecule has 29 heavy (non-hydrogen) atoms. The highest BCUT2D eigenvalue weighted by Gasteiger charge is 2.12. The van der Waals surface area contributed by atoms with Crippen molar-refractivity contribution in [2.24, 2.45) is 0 Å². The lowest BCUT2D eigenvalue weighted by Gasteiger charge is -2.05. The van der Waals surface area contributed by atoms with Gasteiger partial charge < -0.3 is 5.32 Å². The second-order valence-electron chi connectivity index (χ2n) is 8.13. The fourth-order valence-corrected chi connectivity index (χ4v) is 3.54. The Hall–Kier alpha value is -1.71. The molecule has 0 aliphatic heterocycles. The number of nitrogens with one attached hydrogen (secondary N) is 1. The predicted molar refractivity (Wildman–Crippen MR) is 121 cm³/mol. The first-order chi connectivity index (χ1) is 14.2. The summed E-state index contributed by atoms with van der Waals surface area (Å²) in [4.78, 5) is 27.8. The molecule has 0 aliphatic carbocycles. The molecular formula is C25H42N2O2. The summed E-state index contributed by atoms with van der Waals surface area (Å²) in [5, 5.41) is 2.65. The lowest BCUT2D eigenvalue weighted by molar-refractivity contribution is -0.138. The zero-order valence-electron chi connectivity index (χ0n) is 18.6. The van der Waals surface area contributed by atoms with Crippen LogP contribution in [-0.2, 0) is 16.1 Å². The molecule has 0 aromatic carbocycles. The maximum Gasteiger partial charge on any atom is 0.287 e. The van der Waals surface area contributed by atoms with Gasteiger partial charge in [-0.3, -0.25) is 14.6 Å². The van der Waals surface area contributed by atoms with Crippen molar-refractivity contribution in [1.29, 1.82) is 0 Å². The first kappa shape index (κ1) is 25.3. The number of hydrogen-bond acceptors (Lipinski definition) is 3. The molecule has 4 nitrogen and oxygen atoms in total. The highest BCUT2D eigenvalue weighted by Crippen LogP contribution is 2.13. The van der Waals surface area contributed by atoms with E-state index >= 15 is 0 Å². The molecule has 1 N–H and O–H groups in total. The Labute approximate surface area is 178 Å². The van der Waals surface area contributed by atoms with E-state index in [0.717, 1.165) is 18.5 Å². The lowest BCUT2D eigenvalue weighted by Crippen LogP contribution is -2.30. The Balaban J connectivity index is 1.84.